The van der Waals surface area contributed by atoms with Crippen molar-refractivity contribution in [1.82, 2.24) is 19.4 Å². The van der Waals surface area contributed by atoms with Crippen molar-refractivity contribution in [3.05, 3.63) is 47.0 Å². The predicted molar refractivity (Wildman–Crippen MR) is 126 cm³/mol. The summed E-state index contributed by atoms with van der Waals surface area (Å²) in [5.41, 5.74) is 1.46. The van der Waals surface area contributed by atoms with Crippen LogP contribution in [0.2, 0.25) is 10.0 Å². The summed E-state index contributed by atoms with van der Waals surface area (Å²) in [6.07, 6.45) is 8.51. The van der Waals surface area contributed by atoms with E-state index in [4.69, 9.17) is 28.2 Å². The standard InChI is InChI=1S/C23H23Cl2N5O3/c24-16-6-5-15-18(28-10-7-26-13-28)12-19(27-22(15)21(16)25)29-8-1-3-14(29)11-20(31)30-9-2-4-17(30)23(32)33/h5-7,10,12-14,17H,1-4,8-9,11H2,(H,32,33)/t14-,17+/m0/s1. The molecule has 2 atom stereocenters. The molecular weight excluding hydrogens is 465 g/mol. The lowest BCUT2D eigenvalue weighted by atomic mass is 10.1. The summed E-state index contributed by atoms with van der Waals surface area (Å²) in [7, 11) is 0. The molecular formula is C23H23Cl2N5O3. The van der Waals surface area contributed by atoms with E-state index >= 15 is 0 Å². The zero-order valence-corrected chi connectivity index (χ0v) is 19.3. The number of nitrogens with zero attached hydrogens (tertiary/aromatic N) is 5. The minimum absolute atomic E-state index is 0.0638. The van der Waals surface area contributed by atoms with Crippen molar-refractivity contribution in [3.63, 3.8) is 0 Å². The third-order valence-electron chi connectivity index (χ3n) is 6.56. The molecule has 1 aromatic carbocycles. The Morgan fingerprint density at radius 3 is 2.73 bits per heavy atom. The van der Waals surface area contributed by atoms with Crippen LogP contribution in [0.5, 0.6) is 0 Å². The molecule has 1 N–H and O–H groups in total. The van der Waals surface area contributed by atoms with Crippen LogP contribution in [0.3, 0.4) is 0 Å². The lowest BCUT2D eigenvalue weighted by Crippen LogP contribution is -2.43. The Morgan fingerprint density at radius 2 is 1.97 bits per heavy atom. The number of fused-ring (bicyclic) bond motifs is 1. The van der Waals surface area contributed by atoms with Crippen molar-refractivity contribution in [1.29, 1.82) is 0 Å². The number of carboxylic acid groups (broad SMARTS) is 1. The van der Waals surface area contributed by atoms with Crippen molar-refractivity contribution in [3.8, 4) is 5.69 Å². The molecule has 0 aliphatic carbocycles. The van der Waals surface area contributed by atoms with Gasteiger partial charge in [0.2, 0.25) is 5.91 Å². The Bertz CT molecular complexity index is 1220. The minimum Gasteiger partial charge on any atom is -0.480 e. The Kier molecular flexibility index (Phi) is 5.88. The summed E-state index contributed by atoms with van der Waals surface area (Å²) >= 11 is 12.8. The normalized spacial score (nSPS) is 20.7. The molecule has 0 saturated carbocycles. The van der Waals surface area contributed by atoms with Crippen LogP contribution in [-0.2, 0) is 9.59 Å². The smallest absolute Gasteiger partial charge is 0.326 e. The summed E-state index contributed by atoms with van der Waals surface area (Å²) in [5, 5.41) is 11.1. The second-order valence-electron chi connectivity index (χ2n) is 8.50. The molecule has 33 heavy (non-hydrogen) atoms. The average Bonchev–Trinajstić information content (AvgIpc) is 3.57. The van der Waals surface area contributed by atoms with Crippen LogP contribution in [0.4, 0.5) is 5.82 Å². The lowest BCUT2D eigenvalue weighted by molar-refractivity contribution is -0.148. The monoisotopic (exact) mass is 487 g/mol. The highest BCUT2D eigenvalue weighted by Crippen LogP contribution is 2.37. The molecule has 8 nitrogen and oxygen atoms in total. The van der Waals surface area contributed by atoms with Gasteiger partial charge in [-0.15, -0.1) is 0 Å². The minimum atomic E-state index is -0.934. The van der Waals surface area contributed by atoms with Gasteiger partial charge in [0, 0.05) is 49.4 Å². The summed E-state index contributed by atoms with van der Waals surface area (Å²) in [4.78, 5) is 37.2. The molecule has 2 aliphatic heterocycles. The summed E-state index contributed by atoms with van der Waals surface area (Å²) in [6, 6.07) is 4.83. The first-order chi connectivity index (χ1) is 15.9. The van der Waals surface area contributed by atoms with Crippen molar-refractivity contribution < 1.29 is 14.7 Å². The summed E-state index contributed by atoms with van der Waals surface area (Å²) in [5.74, 6) is -0.341. The number of halogens is 2. The van der Waals surface area contributed by atoms with Crippen molar-refractivity contribution in [2.24, 2.45) is 0 Å². The molecule has 0 bridgehead atoms. The Morgan fingerprint density at radius 1 is 1.15 bits per heavy atom. The van der Waals surface area contributed by atoms with Gasteiger partial charge in [-0.2, -0.15) is 0 Å². The molecule has 3 aromatic rings. The van der Waals surface area contributed by atoms with Gasteiger partial charge in [-0.25, -0.2) is 14.8 Å². The number of amides is 1. The van der Waals surface area contributed by atoms with Crippen molar-refractivity contribution in [2.75, 3.05) is 18.0 Å². The number of carboxylic acids is 1. The maximum atomic E-state index is 13.0. The van der Waals surface area contributed by atoms with Crippen molar-refractivity contribution >= 4 is 51.8 Å². The van der Waals surface area contributed by atoms with E-state index in [1.165, 1.54) is 4.90 Å². The molecule has 2 aliphatic rings. The van der Waals surface area contributed by atoms with Crippen LogP contribution in [0.25, 0.3) is 16.6 Å². The predicted octanol–water partition coefficient (Wildman–Crippen LogP) is 4.16. The highest BCUT2D eigenvalue weighted by molar-refractivity contribution is 6.45. The number of hydrogen-bond acceptors (Lipinski definition) is 5. The molecule has 5 rings (SSSR count). The first kappa shape index (κ1) is 22.0. The molecule has 2 fully saturated rings. The number of anilines is 1. The molecule has 172 valence electrons. The van der Waals surface area contributed by atoms with E-state index in [-0.39, 0.29) is 18.4 Å². The topological polar surface area (TPSA) is 91.6 Å². The molecule has 0 unspecified atom stereocenters. The number of aromatic nitrogens is 3. The van der Waals surface area contributed by atoms with Gasteiger partial charge < -0.3 is 19.5 Å². The highest BCUT2D eigenvalue weighted by atomic mass is 35.5. The van der Waals surface area contributed by atoms with Gasteiger partial charge in [0.15, 0.2) is 0 Å². The number of pyridine rings is 1. The molecule has 10 heteroatoms. The fourth-order valence-corrected chi connectivity index (χ4v) is 5.32. The largest absolute Gasteiger partial charge is 0.480 e. The summed E-state index contributed by atoms with van der Waals surface area (Å²) < 4.78 is 1.90. The maximum Gasteiger partial charge on any atom is 0.326 e. The van der Waals surface area contributed by atoms with Gasteiger partial charge in [-0.05, 0) is 37.8 Å². The Balaban J connectivity index is 1.50. The van der Waals surface area contributed by atoms with Crippen LogP contribution in [-0.4, -0.2) is 61.6 Å². The van der Waals surface area contributed by atoms with E-state index in [0.29, 0.717) is 34.3 Å². The third-order valence-corrected chi connectivity index (χ3v) is 7.35. The zero-order valence-electron chi connectivity index (χ0n) is 17.8. The molecule has 0 spiro atoms. The Labute approximate surface area is 200 Å². The Hall–Kier alpha value is -2.84. The average molecular weight is 488 g/mol. The number of rotatable bonds is 5. The number of carbonyl (C=O) groups is 2. The van der Waals surface area contributed by atoms with Gasteiger partial charge in [0.05, 0.1) is 27.6 Å². The maximum absolute atomic E-state index is 13.0. The van der Waals surface area contributed by atoms with Crippen LogP contribution in [0.15, 0.2) is 36.9 Å². The van der Waals surface area contributed by atoms with E-state index in [1.807, 2.05) is 22.9 Å². The first-order valence-corrected chi connectivity index (χ1v) is 11.8. The molecule has 4 heterocycles. The number of imidazole rings is 1. The van der Waals surface area contributed by atoms with E-state index in [0.717, 1.165) is 36.9 Å². The van der Waals surface area contributed by atoms with Gasteiger partial charge >= 0.3 is 5.97 Å². The number of hydrogen-bond donors (Lipinski definition) is 1. The zero-order chi connectivity index (χ0) is 23.1. The fraction of sp³-hybridized carbons (Fsp3) is 0.391. The SMILES string of the molecule is O=C(O)[C@H]1CCCN1C(=O)C[C@@H]1CCCN1c1cc(-n2ccnc2)c2ccc(Cl)c(Cl)c2n1. The number of benzene rings is 1. The second kappa shape index (κ2) is 8.83. The third kappa shape index (κ3) is 4.02. The van der Waals surface area contributed by atoms with E-state index in [1.54, 1.807) is 18.6 Å². The fourth-order valence-electron chi connectivity index (χ4n) is 4.96. The first-order valence-electron chi connectivity index (χ1n) is 11.0. The van der Waals surface area contributed by atoms with Gasteiger partial charge in [-0.3, -0.25) is 4.79 Å². The van der Waals surface area contributed by atoms with Crippen molar-refractivity contribution in [2.45, 2.75) is 44.2 Å². The van der Waals surface area contributed by atoms with Crippen LogP contribution in [0.1, 0.15) is 32.1 Å². The lowest BCUT2D eigenvalue weighted by Gasteiger charge is -2.29. The van der Waals surface area contributed by atoms with E-state index < -0.39 is 12.0 Å². The molecule has 0 radical (unpaired) electrons. The highest BCUT2D eigenvalue weighted by Gasteiger charge is 2.37. The van der Waals surface area contributed by atoms with Gasteiger partial charge in [0.25, 0.3) is 0 Å². The molecule has 2 saturated heterocycles. The van der Waals surface area contributed by atoms with E-state index in [9.17, 15) is 14.7 Å². The van der Waals surface area contributed by atoms with Crippen LogP contribution in [0, 0.1) is 0 Å². The number of carbonyl (C=O) groups excluding carboxylic acids is 1. The number of aliphatic carboxylic acids is 1. The van der Waals surface area contributed by atoms with E-state index in [2.05, 4.69) is 9.88 Å². The van der Waals surface area contributed by atoms with Crippen LogP contribution >= 0.6 is 23.2 Å². The van der Waals surface area contributed by atoms with Gasteiger partial charge in [0.1, 0.15) is 11.9 Å². The quantitative estimate of drug-likeness (QED) is 0.580. The summed E-state index contributed by atoms with van der Waals surface area (Å²) in [6.45, 7) is 1.25. The number of likely N-dealkylation sites (tertiary alicyclic amines) is 1. The second-order valence-corrected chi connectivity index (χ2v) is 9.29. The molecule has 1 amide bonds. The molecule has 2 aromatic heterocycles. The van der Waals surface area contributed by atoms with Gasteiger partial charge in [-0.1, -0.05) is 23.2 Å². The van der Waals surface area contributed by atoms with Crippen LogP contribution < -0.4 is 4.90 Å².